The van der Waals surface area contributed by atoms with E-state index in [1.807, 2.05) is 6.92 Å². The number of carbonyl (C=O) groups excluding carboxylic acids is 2. The Hall–Kier alpha value is -1.73. The van der Waals surface area contributed by atoms with Crippen molar-refractivity contribution in [2.24, 2.45) is 0 Å². The molecule has 8 heteroatoms. The average Bonchev–Trinajstić information content (AvgIpc) is 2.46. The molecule has 0 fully saturated rings. The van der Waals surface area contributed by atoms with Gasteiger partial charge in [-0.1, -0.05) is 13.0 Å². The van der Waals surface area contributed by atoms with Gasteiger partial charge in [0.05, 0.1) is 12.5 Å². The average molecular weight is 364 g/mol. The molecule has 5 nitrogen and oxygen atoms in total. The molecule has 1 aromatic carbocycles. The summed E-state index contributed by atoms with van der Waals surface area (Å²) in [5, 5.41) is 8.20. The van der Waals surface area contributed by atoms with Crippen LogP contribution in [0.2, 0.25) is 0 Å². The van der Waals surface area contributed by atoms with Crippen LogP contribution in [-0.2, 0) is 9.59 Å². The quantitative estimate of drug-likeness (QED) is 0.588. The minimum Gasteiger partial charge on any atom is -0.355 e. The van der Waals surface area contributed by atoms with Gasteiger partial charge in [-0.05, 0) is 25.1 Å². The predicted molar refractivity (Wildman–Crippen MR) is 91.0 cm³/mol. The van der Waals surface area contributed by atoms with E-state index in [1.54, 1.807) is 0 Å². The highest BCUT2D eigenvalue weighted by molar-refractivity contribution is 5.85. The fraction of sp³-hybridized carbons (Fsp3) is 0.500. The van der Waals surface area contributed by atoms with Crippen molar-refractivity contribution in [1.29, 1.82) is 0 Å². The van der Waals surface area contributed by atoms with Gasteiger partial charge in [0.1, 0.15) is 11.6 Å². The molecule has 0 aliphatic heterocycles. The van der Waals surface area contributed by atoms with E-state index in [1.165, 1.54) is 13.0 Å². The van der Waals surface area contributed by atoms with Crippen LogP contribution in [0.1, 0.15) is 38.3 Å². The van der Waals surface area contributed by atoms with Gasteiger partial charge < -0.3 is 16.0 Å². The SMILES string of the molecule is CCCNCCNC(=O)CC(NC(C)=O)c1c(F)cccc1F.Cl. The van der Waals surface area contributed by atoms with Crippen LogP contribution in [0.25, 0.3) is 0 Å². The van der Waals surface area contributed by atoms with Gasteiger partial charge in [-0.15, -0.1) is 12.4 Å². The van der Waals surface area contributed by atoms with Gasteiger partial charge in [-0.2, -0.15) is 0 Å². The highest BCUT2D eigenvalue weighted by Gasteiger charge is 2.23. The molecule has 0 spiro atoms. The number of benzene rings is 1. The molecule has 1 atom stereocenters. The fourth-order valence-electron chi connectivity index (χ4n) is 2.16. The Bertz CT molecular complexity index is 524. The summed E-state index contributed by atoms with van der Waals surface area (Å²) >= 11 is 0. The maximum Gasteiger partial charge on any atom is 0.222 e. The number of hydrogen-bond donors (Lipinski definition) is 3. The maximum absolute atomic E-state index is 13.9. The molecule has 136 valence electrons. The summed E-state index contributed by atoms with van der Waals surface area (Å²) in [6.45, 7) is 5.14. The predicted octanol–water partition coefficient (Wildman–Crippen LogP) is 2.07. The van der Waals surface area contributed by atoms with Gasteiger partial charge in [0, 0.05) is 25.6 Å². The van der Waals surface area contributed by atoms with Gasteiger partial charge in [0.15, 0.2) is 0 Å². The summed E-state index contributed by atoms with van der Waals surface area (Å²) in [4.78, 5) is 23.2. The molecule has 24 heavy (non-hydrogen) atoms. The lowest BCUT2D eigenvalue weighted by atomic mass is 10.0. The lowest BCUT2D eigenvalue weighted by Crippen LogP contribution is -2.36. The van der Waals surface area contributed by atoms with Gasteiger partial charge in [0.25, 0.3) is 0 Å². The van der Waals surface area contributed by atoms with Crippen LogP contribution < -0.4 is 16.0 Å². The summed E-state index contributed by atoms with van der Waals surface area (Å²) in [6.07, 6.45) is 0.760. The molecule has 3 N–H and O–H groups in total. The van der Waals surface area contributed by atoms with E-state index in [-0.39, 0.29) is 30.3 Å². The number of nitrogens with one attached hydrogen (secondary N) is 3. The smallest absolute Gasteiger partial charge is 0.222 e. The zero-order valence-electron chi connectivity index (χ0n) is 13.8. The molecule has 0 radical (unpaired) electrons. The van der Waals surface area contributed by atoms with Gasteiger partial charge >= 0.3 is 0 Å². The van der Waals surface area contributed by atoms with Crippen molar-refractivity contribution in [3.05, 3.63) is 35.4 Å². The molecular weight excluding hydrogens is 340 g/mol. The number of rotatable bonds is 9. The molecule has 0 aromatic heterocycles. The normalized spacial score (nSPS) is 11.3. The van der Waals surface area contributed by atoms with Crippen molar-refractivity contribution in [3.63, 3.8) is 0 Å². The van der Waals surface area contributed by atoms with Crippen LogP contribution in [0, 0.1) is 11.6 Å². The first-order valence-electron chi connectivity index (χ1n) is 7.64. The van der Waals surface area contributed by atoms with E-state index >= 15 is 0 Å². The van der Waals surface area contributed by atoms with E-state index in [0.717, 1.165) is 25.1 Å². The third-order valence-corrected chi connectivity index (χ3v) is 3.17. The fourth-order valence-corrected chi connectivity index (χ4v) is 2.16. The first kappa shape index (κ1) is 22.3. The molecule has 0 aliphatic carbocycles. The summed E-state index contributed by atoms with van der Waals surface area (Å²) in [7, 11) is 0. The molecule has 0 aliphatic rings. The number of carbonyl (C=O) groups is 2. The Morgan fingerprint density at radius 3 is 2.29 bits per heavy atom. The van der Waals surface area contributed by atoms with Crippen molar-refractivity contribution < 1.29 is 18.4 Å². The second-order valence-corrected chi connectivity index (χ2v) is 5.19. The number of amides is 2. The Kier molecular flexibility index (Phi) is 10.9. The molecule has 2 amide bonds. The van der Waals surface area contributed by atoms with Crippen LogP contribution >= 0.6 is 12.4 Å². The van der Waals surface area contributed by atoms with E-state index in [4.69, 9.17) is 0 Å². The van der Waals surface area contributed by atoms with E-state index in [9.17, 15) is 18.4 Å². The Labute approximate surface area is 147 Å². The number of halogens is 3. The lowest BCUT2D eigenvalue weighted by Gasteiger charge is -2.19. The van der Waals surface area contributed by atoms with Crippen molar-refractivity contribution >= 4 is 24.2 Å². The van der Waals surface area contributed by atoms with E-state index in [2.05, 4.69) is 16.0 Å². The van der Waals surface area contributed by atoms with Crippen LogP contribution in [0.4, 0.5) is 8.78 Å². The van der Waals surface area contributed by atoms with Crippen LogP contribution in [0.3, 0.4) is 0 Å². The summed E-state index contributed by atoms with van der Waals surface area (Å²) < 4.78 is 27.7. The molecule has 0 bridgehead atoms. The van der Waals surface area contributed by atoms with Gasteiger partial charge in [0.2, 0.25) is 11.8 Å². The van der Waals surface area contributed by atoms with E-state index < -0.39 is 23.6 Å². The van der Waals surface area contributed by atoms with Crippen molar-refractivity contribution in [2.45, 2.75) is 32.7 Å². The lowest BCUT2D eigenvalue weighted by molar-refractivity contribution is -0.122. The molecular formula is C16H24ClF2N3O2. The van der Waals surface area contributed by atoms with E-state index in [0.29, 0.717) is 13.1 Å². The zero-order chi connectivity index (χ0) is 17.2. The summed E-state index contributed by atoms with van der Waals surface area (Å²) in [6, 6.07) is 2.38. The maximum atomic E-state index is 13.9. The molecule has 0 heterocycles. The third-order valence-electron chi connectivity index (χ3n) is 3.17. The topological polar surface area (TPSA) is 70.2 Å². The summed E-state index contributed by atoms with van der Waals surface area (Å²) in [5.41, 5.74) is -0.304. The zero-order valence-corrected chi connectivity index (χ0v) is 14.6. The Balaban J connectivity index is 0.00000529. The largest absolute Gasteiger partial charge is 0.355 e. The summed E-state index contributed by atoms with van der Waals surface area (Å²) in [5.74, 6) is -2.43. The second-order valence-electron chi connectivity index (χ2n) is 5.19. The standard InChI is InChI=1S/C16H23F2N3O2.ClH/c1-3-7-19-8-9-20-15(23)10-14(21-11(2)22)16-12(17)5-4-6-13(16)18;/h4-6,14,19H,3,7-10H2,1-2H3,(H,20,23)(H,21,22);1H. The molecule has 1 aromatic rings. The Morgan fingerprint density at radius 2 is 1.75 bits per heavy atom. The van der Waals surface area contributed by atoms with Crippen molar-refractivity contribution in [2.75, 3.05) is 19.6 Å². The minimum atomic E-state index is -1.04. The highest BCUT2D eigenvalue weighted by atomic mass is 35.5. The Morgan fingerprint density at radius 1 is 1.12 bits per heavy atom. The van der Waals surface area contributed by atoms with Gasteiger partial charge in [-0.3, -0.25) is 9.59 Å². The molecule has 0 saturated carbocycles. The van der Waals surface area contributed by atoms with Gasteiger partial charge in [-0.25, -0.2) is 8.78 Å². The van der Waals surface area contributed by atoms with Crippen LogP contribution in [-0.4, -0.2) is 31.4 Å². The monoisotopic (exact) mass is 363 g/mol. The second kappa shape index (κ2) is 11.8. The van der Waals surface area contributed by atoms with Crippen molar-refractivity contribution in [1.82, 2.24) is 16.0 Å². The van der Waals surface area contributed by atoms with Crippen LogP contribution in [0.5, 0.6) is 0 Å². The van der Waals surface area contributed by atoms with Crippen molar-refractivity contribution in [3.8, 4) is 0 Å². The first-order chi connectivity index (χ1) is 11.0. The minimum absolute atomic E-state index is 0. The highest BCUT2D eigenvalue weighted by Crippen LogP contribution is 2.23. The number of hydrogen-bond acceptors (Lipinski definition) is 3. The first-order valence-corrected chi connectivity index (χ1v) is 7.64. The van der Waals surface area contributed by atoms with Crippen LogP contribution in [0.15, 0.2) is 18.2 Å². The molecule has 0 saturated heterocycles. The third kappa shape index (κ3) is 7.70. The molecule has 1 rings (SSSR count). The molecule has 1 unspecified atom stereocenters.